The lowest BCUT2D eigenvalue weighted by Crippen LogP contribution is -2.33. The Bertz CT molecular complexity index is 427. The SMILES string of the molecule is CCNc1nc(C)nc(NCCN2CCCCC2)c1C. The van der Waals surface area contributed by atoms with Gasteiger partial charge in [0.05, 0.1) is 0 Å². The zero-order chi connectivity index (χ0) is 14.4. The summed E-state index contributed by atoms with van der Waals surface area (Å²) in [6.07, 6.45) is 4.08. The van der Waals surface area contributed by atoms with E-state index in [0.29, 0.717) is 0 Å². The molecule has 1 fully saturated rings. The molecule has 1 aromatic heterocycles. The first-order valence-corrected chi connectivity index (χ1v) is 7.76. The van der Waals surface area contributed by atoms with Crippen LogP contribution in [-0.2, 0) is 0 Å². The van der Waals surface area contributed by atoms with Gasteiger partial charge in [-0.1, -0.05) is 6.42 Å². The average Bonchev–Trinajstić information content (AvgIpc) is 2.45. The van der Waals surface area contributed by atoms with Crippen molar-refractivity contribution in [3.8, 4) is 0 Å². The van der Waals surface area contributed by atoms with Crippen LogP contribution in [0.3, 0.4) is 0 Å². The average molecular weight is 277 g/mol. The number of anilines is 2. The van der Waals surface area contributed by atoms with Crippen molar-refractivity contribution in [2.45, 2.75) is 40.0 Å². The molecule has 20 heavy (non-hydrogen) atoms. The van der Waals surface area contributed by atoms with E-state index in [1.165, 1.54) is 32.4 Å². The van der Waals surface area contributed by atoms with Crippen molar-refractivity contribution in [3.05, 3.63) is 11.4 Å². The number of rotatable bonds is 6. The maximum absolute atomic E-state index is 4.52. The van der Waals surface area contributed by atoms with E-state index in [2.05, 4.69) is 39.3 Å². The molecule has 0 aliphatic carbocycles. The Labute approximate surface area is 122 Å². The number of aryl methyl sites for hydroxylation is 1. The molecule has 5 nitrogen and oxygen atoms in total. The topological polar surface area (TPSA) is 53.1 Å². The Hall–Kier alpha value is -1.36. The van der Waals surface area contributed by atoms with E-state index in [1.807, 2.05) is 6.92 Å². The van der Waals surface area contributed by atoms with Crippen molar-refractivity contribution in [1.29, 1.82) is 0 Å². The third kappa shape index (κ3) is 4.07. The molecule has 2 heterocycles. The van der Waals surface area contributed by atoms with Gasteiger partial charge in [-0.3, -0.25) is 0 Å². The van der Waals surface area contributed by atoms with Crippen molar-refractivity contribution in [3.63, 3.8) is 0 Å². The monoisotopic (exact) mass is 277 g/mol. The molecule has 2 rings (SSSR count). The molecule has 0 radical (unpaired) electrons. The fourth-order valence-corrected chi connectivity index (χ4v) is 2.66. The maximum atomic E-state index is 4.52. The highest BCUT2D eigenvalue weighted by atomic mass is 15.2. The number of hydrogen-bond acceptors (Lipinski definition) is 5. The van der Waals surface area contributed by atoms with E-state index >= 15 is 0 Å². The van der Waals surface area contributed by atoms with Gasteiger partial charge in [-0.2, -0.15) is 0 Å². The van der Waals surface area contributed by atoms with E-state index in [1.54, 1.807) is 0 Å². The minimum absolute atomic E-state index is 0.812. The number of likely N-dealkylation sites (tertiary alicyclic amines) is 1. The van der Waals surface area contributed by atoms with Crippen LogP contribution in [0.4, 0.5) is 11.6 Å². The molecule has 0 aromatic carbocycles. The van der Waals surface area contributed by atoms with Gasteiger partial charge in [-0.15, -0.1) is 0 Å². The number of nitrogens with one attached hydrogen (secondary N) is 2. The van der Waals surface area contributed by atoms with Gasteiger partial charge in [0.1, 0.15) is 17.5 Å². The van der Waals surface area contributed by atoms with Crippen LogP contribution in [0, 0.1) is 13.8 Å². The first-order valence-electron chi connectivity index (χ1n) is 7.76. The molecule has 1 saturated heterocycles. The Morgan fingerprint density at radius 1 is 1.00 bits per heavy atom. The summed E-state index contributed by atoms with van der Waals surface area (Å²) < 4.78 is 0. The van der Waals surface area contributed by atoms with E-state index in [-0.39, 0.29) is 0 Å². The van der Waals surface area contributed by atoms with E-state index in [4.69, 9.17) is 0 Å². The lowest BCUT2D eigenvalue weighted by Gasteiger charge is -2.26. The molecule has 1 aliphatic heterocycles. The van der Waals surface area contributed by atoms with Crippen molar-refractivity contribution >= 4 is 11.6 Å². The molecule has 0 bridgehead atoms. The number of nitrogens with zero attached hydrogens (tertiary/aromatic N) is 3. The lowest BCUT2D eigenvalue weighted by molar-refractivity contribution is 0.237. The highest BCUT2D eigenvalue weighted by molar-refractivity contribution is 5.57. The van der Waals surface area contributed by atoms with Crippen molar-refractivity contribution < 1.29 is 0 Å². The fourth-order valence-electron chi connectivity index (χ4n) is 2.66. The Morgan fingerprint density at radius 3 is 2.30 bits per heavy atom. The van der Waals surface area contributed by atoms with Gasteiger partial charge in [0.25, 0.3) is 0 Å². The molecule has 0 amide bonds. The predicted octanol–water partition coefficient (Wildman–Crippen LogP) is 2.42. The summed E-state index contributed by atoms with van der Waals surface area (Å²) in [4.78, 5) is 11.5. The highest BCUT2D eigenvalue weighted by Gasteiger charge is 2.11. The molecule has 0 saturated carbocycles. The second-order valence-corrected chi connectivity index (χ2v) is 5.45. The maximum Gasteiger partial charge on any atom is 0.134 e. The Balaban J connectivity index is 1.91. The van der Waals surface area contributed by atoms with Crippen molar-refractivity contribution in [1.82, 2.24) is 14.9 Å². The van der Waals surface area contributed by atoms with Gasteiger partial charge in [-0.05, 0) is 46.7 Å². The van der Waals surface area contributed by atoms with Gasteiger partial charge in [0.2, 0.25) is 0 Å². The Morgan fingerprint density at radius 2 is 1.65 bits per heavy atom. The van der Waals surface area contributed by atoms with E-state index in [0.717, 1.165) is 42.7 Å². The summed E-state index contributed by atoms with van der Waals surface area (Å²) in [5, 5.41) is 6.76. The minimum atomic E-state index is 0.812. The van der Waals surface area contributed by atoms with Crippen LogP contribution < -0.4 is 10.6 Å². The van der Waals surface area contributed by atoms with Gasteiger partial charge < -0.3 is 15.5 Å². The minimum Gasteiger partial charge on any atom is -0.370 e. The quantitative estimate of drug-likeness (QED) is 0.836. The molecule has 1 aliphatic rings. The number of aromatic nitrogens is 2. The van der Waals surface area contributed by atoms with Crippen molar-refractivity contribution in [2.75, 3.05) is 43.4 Å². The smallest absolute Gasteiger partial charge is 0.134 e. The summed E-state index contributed by atoms with van der Waals surface area (Å²) >= 11 is 0. The van der Waals surface area contributed by atoms with E-state index < -0.39 is 0 Å². The van der Waals surface area contributed by atoms with Crippen LogP contribution in [0.25, 0.3) is 0 Å². The van der Waals surface area contributed by atoms with Crippen LogP contribution in [0.15, 0.2) is 0 Å². The molecule has 1 aromatic rings. The van der Waals surface area contributed by atoms with Crippen LogP contribution in [0.2, 0.25) is 0 Å². The standard InChI is InChI=1S/C15H27N5/c1-4-16-14-12(2)15(19-13(3)18-14)17-8-11-20-9-6-5-7-10-20/h4-11H2,1-3H3,(H2,16,17,18,19). The molecule has 0 spiro atoms. The van der Waals surface area contributed by atoms with Gasteiger partial charge in [-0.25, -0.2) is 9.97 Å². The van der Waals surface area contributed by atoms with Crippen LogP contribution in [0.1, 0.15) is 37.6 Å². The summed E-state index contributed by atoms with van der Waals surface area (Å²) in [6.45, 7) is 11.5. The van der Waals surface area contributed by atoms with E-state index in [9.17, 15) is 0 Å². The zero-order valence-electron chi connectivity index (χ0n) is 13.0. The predicted molar refractivity (Wildman–Crippen MR) is 84.5 cm³/mol. The van der Waals surface area contributed by atoms with Gasteiger partial charge in [0, 0.05) is 25.2 Å². The van der Waals surface area contributed by atoms with Crippen LogP contribution in [0.5, 0.6) is 0 Å². The fraction of sp³-hybridized carbons (Fsp3) is 0.733. The number of hydrogen-bond donors (Lipinski definition) is 2. The lowest BCUT2D eigenvalue weighted by atomic mass is 10.1. The normalized spacial score (nSPS) is 16.1. The molecule has 112 valence electrons. The summed E-state index contributed by atoms with van der Waals surface area (Å²) in [5.41, 5.74) is 1.11. The molecule has 5 heteroatoms. The molecular weight excluding hydrogens is 250 g/mol. The van der Waals surface area contributed by atoms with Gasteiger partial charge >= 0.3 is 0 Å². The molecular formula is C15H27N5. The largest absolute Gasteiger partial charge is 0.370 e. The molecule has 0 unspecified atom stereocenters. The second-order valence-electron chi connectivity index (χ2n) is 5.45. The highest BCUT2D eigenvalue weighted by Crippen LogP contribution is 2.19. The van der Waals surface area contributed by atoms with Crippen LogP contribution in [-0.4, -0.2) is 47.6 Å². The summed E-state index contributed by atoms with van der Waals surface area (Å²) in [6, 6.07) is 0. The third-order valence-electron chi connectivity index (χ3n) is 3.77. The zero-order valence-corrected chi connectivity index (χ0v) is 13.0. The van der Waals surface area contributed by atoms with Crippen molar-refractivity contribution in [2.24, 2.45) is 0 Å². The van der Waals surface area contributed by atoms with Gasteiger partial charge in [0.15, 0.2) is 0 Å². The van der Waals surface area contributed by atoms with Crippen LogP contribution >= 0.6 is 0 Å². The first-order chi connectivity index (χ1) is 9.70. The first kappa shape index (κ1) is 15.0. The Kier molecular flexibility index (Phi) is 5.59. The summed E-state index contributed by atoms with van der Waals surface area (Å²) in [5.74, 6) is 2.72. The molecule has 0 atom stereocenters. The third-order valence-corrected chi connectivity index (χ3v) is 3.77. The molecule has 2 N–H and O–H groups in total. The second kappa shape index (κ2) is 7.43. The summed E-state index contributed by atoms with van der Waals surface area (Å²) in [7, 11) is 0. The number of piperidine rings is 1.